The van der Waals surface area contributed by atoms with Crippen molar-refractivity contribution < 1.29 is 18.7 Å². The largest absolute Gasteiger partial charge is 0.481 e. The van der Waals surface area contributed by atoms with Crippen LogP contribution in [0.5, 0.6) is 0 Å². The minimum Gasteiger partial charge on any atom is -0.481 e. The van der Waals surface area contributed by atoms with Gasteiger partial charge in [0.15, 0.2) is 0 Å². The molecule has 1 aromatic heterocycles. The topological polar surface area (TPSA) is 70.2 Å². The van der Waals surface area contributed by atoms with Crippen molar-refractivity contribution in [3.05, 3.63) is 32.7 Å². The Morgan fingerprint density at radius 1 is 1.60 bits per heavy atom. The van der Waals surface area contributed by atoms with Crippen molar-refractivity contribution in [2.45, 2.75) is 12.8 Å². The Bertz CT molecular complexity index is 444. The number of aliphatic carboxylic acids is 1. The van der Waals surface area contributed by atoms with Gasteiger partial charge in [0.05, 0.1) is 11.4 Å². The second-order valence-electron chi connectivity index (χ2n) is 2.76. The summed E-state index contributed by atoms with van der Waals surface area (Å²) in [5, 5.41) is 8.07. The van der Waals surface area contributed by atoms with Crippen LogP contribution in [0.15, 0.2) is 10.9 Å². The van der Waals surface area contributed by atoms with Crippen LogP contribution in [0.3, 0.4) is 0 Å². The molecule has 0 atom stereocenters. The van der Waals surface area contributed by atoms with E-state index in [1.807, 2.05) is 4.98 Å². The Kier molecular flexibility index (Phi) is 3.41. The summed E-state index contributed by atoms with van der Waals surface area (Å²) >= 11 is 5.44. The zero-order chi connectivity index (χ0) is 11.6. The summed E-state index contributed by atoms with van der Waals surface area (Å²) < 4.78 is 24.5. The third-order valence-electron chi connectivity index (χ3n) is 1.66. The quantitative estimate of drug-likeness (QED) is 0.839. The van der Waals surface area contributed by atoms with E-state index in [4.69, 9.17) is 16.7 Å². The number of aromatic nitrogens is 1. The SMILES string of the molecule is O=C(O)Cc1cc(Cl)c(C(F)F)[nH]c1=O. The van der Waals surface area contributed by atoms with Crippen molar-refractivity contribution >= 4 is 17.6 Å². The molecule has 0 aliphatic carbocycles. The molecule has 15 heavy (non-hydrogen) atoms. The Labute approximate surface area is 87.5 Å². The summed E-state index contributed by atoms with van der Waals surface area (Å²) in [4.78, 5) is 23.3. The van der Waals surface area contributed by atoms with Gasteiger partial charge in [-0.2, -0.15) is 0 Å². The minimum atomic E-state index is -2.90. The third kappa shape index (κ3) is 2.76. The Morgan fingerprint density at radius 3 is 2.67 bits per heavy atom. The van der Waals surface area contributed by atoms with E-state index in [1.165, 1.54) is 0 Å². The highest BCUT2D eigenvalue weighted by Crippen LogP contribution is 2.23. The fraction of sp³-hybridized carbons (Fsp3) is 0.250. The lowest BCUT2D eigenvalue weighted by atomic mass is 10.2. The molecule has 1 heterocycles. The summed E-state index contributed by atoms with van der Waals surface area (Å²) in [6.45, 7) is 0. The van der Waals surface area contributed by atoms with Crippen molar-refractivity contribution in [1.82, 2.24) is 4.98 Å². The molecule has 4 nitrogen and oxygen atoms in total. The maximum absolute atomic E-state index is 12.2. The van der Waals surface area contributed by atoms with E-state index >= 15 is 0 Å². The number of halogens is 3. The first-order valence-corrected chi connectivity index (χ1v) is 4.21. The van der Waals surface area contributed by atoms with E-state index in [0.717, 1.165) is 6.07 Å². The van der Waals surface area contributed by atoms with Gasteiger partial charge >= 0.3 is 5.97 Å². The summed E-state index contributed by atoms with van der Waals surface area (Å²) in [6, 6.07) is 0.940. The van der Waals surface area contributed by atoms with Crippen molar-refractivity contribution in [3.8, 4) is 0 Å². The highest BCUT2D eigenvalue weighted by atomic mass is 35.5. The molecule has 0 saturated carbocycles. The van der Waals surface area contributed by atoms with Gasteiger partial charge in [-0.15, -0.1) is 0 Å². The summed E-state index contributed by atoms with van der Waals surface area (Å²) in [5.74, 6) is -1.23. The smallest absolute Gasteiger partial charge is 0.308 e. The van der Waals surface area contributed by atoms with Crippen molar-refractivity contribution in [1.29, 1.82) is 0 Å². The maximum atomic E-state index is 12.2. The molecule has 0 amide bonds. The van der Waals surface area contributed by atoms with Gasteiger partial charge in [-0.25, -0.2) is 8.78 Å². The van der Waals surface area contributed by atoms with Gasteiger partial charge in [0.1, 0.15) is 5.69 Å². The fourth-order valence-corrected chi connectivity index (χ4v) is 1.27. The molecule has 0 aliphatic rings. The van der Waals surface area contributed by atoms with E-state index < -0.39 is 30.1 Å². The number of alkyl halides is 2. The van der Waals surface area contributed by atoms with Crippen LogP contribution in [0.4, 0.5) is 8.78 Å². The van der Waals surface area contributed by atoms with Gasteiger partial charge in [-0.1, -0.05) is 11.6 Å². The van der Waals surface area contributed by atoms with Gasteiger partial charge in [0.2, 0.25) is 0 Å². The highest BCUT2D eigenvalue weighted by molar-refractivity contribution is 6.31. The number of carbonyl (C=O) groups is 1. The molecule has 0 spiro atoms. The second-order valence-corrected chi connectivity index (χ2v) is 3.16. The number of hydrogen-bond acceptors (Lipinski definition) is 2. The Hall–Kier alpha value is -1.43. The van der Waals surface area contributed by atoms with E-state index in [9.17, 15) is 18.4 Å². The minimum absolute atomic E-state index is 0.156. The van der Waals surface area contributed by atoms with Crippen LogP contribution in [-0.2, 0) is 11.2 Å². The highest BCUT2D eigenvalue weighted by Gasteiger charge is 2.16. The van der Waals surface area contributed by atoms with Gasteiger partial charge in [-0.3, -0.25) is 9.59 Å². The van der Waals surface area contributed by atoms with Crippen LogP contribution in [0.2, 0.25) is 5.02 Å². The Morgan fingerprint density at radius 2 is 2.20 bits per heavy atom. The molecule has 2 N–H and O–H groups in total. The average Bonchev–Trinajstić information content (AvgIpc) is 2.09. The van der Waals surface area contributed by atoms with E-state index in [1.54, 1.807) is 0 Å². The second kappa shape index (κ2) is 4.39. The molecule has 0 aliphatic heterocycles. The molecular weight excluding hydrogens is 232 g/mol. The van der Waals surface area contributed by atoms with Crippen LogP contribution in [-0.4, -0.2) is 16.1 Å². The molecule has 0 radical (unpaired) electrons. The summed E-state index contributed by atoms with van der Waals surface area (Å²) in [5.41, 5.74) is -1.72. The predicted molar refractivity (Wildman–Crippen MR) is 48.4 cm³/mol. The molecule has 0 unspecified atom stereocenters. The molecule has 0 fully saturated rings. The third-order valence-corrected chi connectivity index (χ3v) is 1.97. The molecule has 0 bridgehead atoms. The summed E-state index contributed by atoms with van der Waals surface area (Å²) in [7, 11) is 0. The first kappa shape index (κ1) is 11.6. The molecule has 82 valence electrons. The van der Waals surface area contributed by atoms with Crippen LogP contribution >= 0.6 is 11.6 Å². The number of carboxylic acids is 1. The molecule has 1 rings (SSSR count). The van der Waals surface area contributed by atoms with Gasteiger partial charge < -0.3 is 10.1 Å². The van der Waals surface area contributed by atoms with Crippen molar-refractivity contribution in [2.75, 3.05) is 0 Å². The van der Waals surface area contributed by atoms with Crippen LogP contribution in [0.1, 0.15) is 17.7 Å². The number of rotatable bonds is 3. The van der Waals surface area contributed by atoms with Crippen molar-refractivity contribution in [2.24, 2.45) is 0 Å². The first-order valence-electron chi connectivity index (χ1n) is 3.83. The first-order chi connectivity index (χ1) is 6.91. The van der Waals surface area contributed by atoms with E-state index in [-0.39, 0.29) is 10.6 Å². The number of H-pyrrole nitrogens is 1. The molecule has 1 aromatic rings. The Balaban J connectivity index is 3.20. The maximum Gasteiger partial charge on any atom is 0.308 e. The lowest BCUT2D eigenvalue weighted by Crippen LogP contribution is -2.18. The predicted octanol–water partition coefficient (Wildman–Crippen LogP) is 1.59. The number of aromatic amines is 1. The fourth-order valence-electron chi connectivity index (χ4n) is 1.01. The zero-order valence-corrected chi connectivity index (χ0v) is 8.02. The number of hydrogen-bond donors (Lipinski definition) is 2. The van der Waals surface area contributed by atoms with Gasteiger partial charge in [0.25, 0.3) is 12.0 Å². The van der Waals surface area contributed by atoms with E-state index in [2.05, 4.69) is 0 Å². The summed E-state index contributed by atoms with van der Waals surface area (Å²) in [6.07, 6.45) is -3.46. The number of nitrogens with one attached hydrogen (secondary N) is 1. The van der Waals surface area contributed by atoms with Gasteiger partial charge in [0, 0.05) is 5.56 Å². The van der Waals surface area contributed by atoms with Crippen molar-refractivity contribution in [3.63, 3.8) is 0 Å². The zero-order valence-electron chi connectivity index (χ0n) is 7.26. The monoisotopic (exact) mass is 237 g/mol. The standard InChI is InChI=1S/C8H6ClF2NO3/c9-4-1-3(2-5(13)14)8(15)12-6(4)7(10)11/h1,7H,2H2,(H,12,15)(H,13,14). The average molecular weight is 238 g/mol. The number of carboxylic acid groups (broad SMARTS) is 1. The molecule has 7 heteroatoms. The molecule has 0 aromatic carbocycles. The van der Waals surface area contributed by atoms with Crippen LogP contribution < -0.4 is 5.56 Å². The lowest BCUT2D eigenvalue weighted by Gasteiger charge is -2.04. The normalized spacial score (nSPS) is 10.7. The van der Waals surface area contributed by atoms with E-state index in [0.29, 0.717) is 0 Å². The molecule has 0 saturated heterocycles. The van der Waals surface area contributed by atoms with Crippen LogP contribution in [0.25, 0.3) is 0 Å². The van der Waals surface area contributed by atoms with Gasteiger partial charge in [-0.05, 0) is 6.07 Å². The lowest BCUT2D eigenvalue weighted by molar-refractivity contribution is -0.136. The van der Waals surface area contributed by atoms with Crippen LogP contribution in [0, 0.1) is 0 Å². The molecular formula is C8H6ClF2NO3. The number of pyridine rings is 1.